The van der Waals surface area contributed by atoms with E-state index in [9.17, 15) is 19.2 Å². The quantitative estimate of drug-likeness (QED) is 0.0778. The monoisotopic (exact) mass is 780 g/mol. The minimum Gasteiger partial charge on any atom is -0.497 e. The van der Waals surface area contributed by atoms with Crippen molar-refractivity contribution in [3.8, 4) is 34.5 Å². The van der Waals surface area contributed by atoms with Crippen LogP contribution < -0.4 is 50.5 Å². The Bertz CT molecular complexity index is 1940. The summed E-state index contributed by atoms with van der Waals surface area (Å²) in [5, 5.41) is -0.473. The highest BCUT2D eigenvalue weighted by atomic mass is 35.5. The summed E-state index contributed by atoms with van der Waals surface area (Å²) < 4.78 is 41.6. The summed E-state index contributed by atoms with van der Waals surface area (Å²) in [6.45, 7) is 5.75. The number of nitrogens with one attached hydrogen (secondary N) is 3. The van der Waals surface area contributed by atoms with Gasteiger partial charge in [0, 0.05) is 22.3 Å². The Morgan fingerprint density at radius 3 is 1.51 bits per heavy atom. The Hall–Kier alpha value is -6.39. The fraction of sp³-hybridized carbons (Fsp3) is 0.263. The predicted octanol–water partition coefficient (Wildman–Crippen LogP) is 5.29. The average Bonchev–Trinajstić information content (AvgIpc) is 3.22. The first kappa shape index (κ1) is 41.4. The number of amides is 3. The van der Waals surface area contributed by atoms with Crippen molar-refractivity contribution in [2.45, 2.75) is 27.1 Å². The van der Waals surface area contributed by atoms with E-state index in [1.165, 1.54) is 0 Å². The molecule has 6 rings (SSSR count). The van der Waals surface area contributed by atoms with Crippen molar-refractivity contribution in [1.82, 2.24) is 16.3 Å². The van der Waals surface area contributed by atoms with Crippen LogP contribution in [0.4, 0.5) is 9.59 Å². The number of nitrogens with two attached hydrogens (primary N) is 1. The number of rotatable bonds is 8. The number of hydrazine groups is 2. The van der Waals surface area contributed by atoms with Crippen LogP contribution in [0.2, 0.25) is 0 Å². The van der Waals surface area contributed by atoms with E-state index in [1.54, 1.807) is 88.7 Å². The number of methoxy groups -OCH3 is 2. The first-order chi connectivity index (χ1) is 26.5. The molecule has 2 aliphatic heterocycles. The second kappa shape index (κ2) is 20.7. The molecule has 0 unspecified atom stereocenters. The Kier molecular flexibility index (Phi) is 15.6. The Morgan fingerprint density at radius 2 is 1.05 bits per heavy atom. The zero-order valence-corrected chi connectivity index (χ0v) is 31.3. The predicted molar refractivity (Wildman–Crippen MR) is 199 cm³/mol. The van der Waals surface area contributed by atoms with Gasteiger partial charge in [-0.25, -0.2) is 20.9 Å². The van der Waals surface area contributed by atoms with Gasteiger partial charge >= 0.3 is 12.2 Å². The lowest BCUT2D eigenvalue weighted by atomic mass is 10.1. The smallest absolute Gasteiger partial charge is 0.426 e. The highest BCUT2D eigenvalue weighted by Gasteiger charge is 2.21. The molecule has 0 radical (unpaired) electrons. The molecule has 0 fully saturated rings. The van der Waals surface area contributed by atoms with Crippen molar-refractivity contribution in [3.63, 3.8) is 0 Å². The van der Waals surface area contributed by atoms with Gasteiger partial charge in [-0.1, -0.05) is 24.3 Å². The van der Waals surface area contributed by atoms with E-state index < -0.39 is 23.3 Å². The van der Waals surface area contributed by atoms with Gasteiger partial charge < -0.3 is 37.9 Å². The molecule has 0 aromatic heterocycles. The fourth-order valence-electron chi connectivity index (χ4n) is 4.96. The summed E-state index contributed by atoms with van der Waals surface area (Å²) in [6, 6.07) is 20.9. The number of hydrogen-bond donors (Lipinski definition) is 4. The van der Waals surface area contributed by atoms with E-state index in [-0.39, 0.29) is 13.2 Å². The van der Waals surface area contributed by atoms with Gasteiger partial charge in [0.25, 0.3) is 11.1 Å². The number of carbonyl (C=O) groups excluding carboxylic acids is 4. The number of ether oxygens (including phenoxy) is 8. The molecule has 0 aliphatic carbocycles. The van der Waals surface area contributed by atoms with Crippen LogP contribution in [0, 0.1) is 13.8 Å². The third-order valence-corrected chi connectivity index (χ3v) is 8.03. The molecule has 17 heteroatoms. The van der Waals surface area contributed by atoms with Crippen molar-refractivity contribution in [1.29, 1.82) is 0 Å². The van der Waals surface area contributed by atoms with Crippen molar-refractivity contribution >= 4 is 34.9 Å². The molecule has 0 saturated heterocycles. The van der Waals surface area contributed by atoms with E-state index in [2.05, 4.69) is 10.9 Å². The van der Waals surface area contributed by atoms with Gasteiger partial charge in [-0.15, -0.1) is 0 Å². The molecular formula is C38H41ClN4O12. The second-order valence-electron chi connectivity index (χ2n) is 11.4. The molecule has 0 bridgehead atoms. The van der Waals surface area contributed by atoms with Gasteiger partial charge in [-0.2, -0.15) is 0 Å². The van der Waals surface area contributed by atoms with E-state index >= 15 is 0 Å². The Morgan fingerprint density at radius 1 is 0.618 bits per heavy atom. The van der Waals surface area contributed by atoms with Crippen molar-refractivity contribution < 1.29 is 57.1 Å². The Balaban J connectivity index is 0.000000202. The number of carbonyl (C=O) groups is 4. The number of fused-ring (bicyclic) bond motifs is 2. The molecule has 3 amide bonds. The van der Waals surface area contributed by atoms with Crippen LogP contribution in [0.5, 0.6) is 34.5 Å². The molecule has 4 aromatic rings. The minimum atomic E-state index is -0.769. The van der Waals surface area contributed by atoms with Crippen LogP contribution in [0.3, 0.4) is 0 Å². The van der Waals surface area contributed by atoms with E-state index in [1.807, 2.05) is 17.6 Å². The zero-order valence-electron chi connectivity index (χ0n) is 30.5. The minimum absolute atomic E-state index is 0.0642. The van der Waals surface area contributed by atoms with E-state index in [4.69, 9.17) is 55.3 Å². The first-order valence-corrected chi connectivity index (χ1v) is 17.0. The lowest BCUT2D eigenvalue weighted by molar-refractivity contribution is 0.0902. The molecule has 16 nitrogen and oxygen atoms in total. The zero-order chi connectivity index (χ0) is 39.7. The molecule has 0 saturated carbocycles. The normalized spacial score (nSPS) is 11.8. The van der Waals surface area contributed by atoms with Gasteiger partial charge in [0.1, 0.15) is 51.1 Å². The largest absolute Gasteiger partial charge is 0.497 e. The molecule has 0 spiro atoms. The standard InChI is InChI=1S/C19H20N2O6.C10H9ClO3.C9H12N2O3/c1-12-15(7-8-16-17(12)26-10-9-25-16)18(22)20-21-19(23)27-11-13-3-5-14(24-2)6-4-13;1-6-7(10(11)12)2-3-8-9(6)14-5-4-13-8;1-13-8-4-2-7(3-5-8)6-14-9(12)11-10/h3-8H,9-11H2,1-2H3,(H,20,22)(H,21,23);2-3H,4-5H2,1H3;2-5H,6,10H2,1H3,(H,11,12). The lowest BCUT2D eigenvalue weighted by Crippen LogP contribution is -2.42. The summed E-state index contributed by atoms with van der Waals surface area (Å²) in [5.41, 5.74) is 10.3. The highest BCUT2D eigenvalue weighted by Crippen LogP contribution is 2.36. The second-order valence-corrected chi connectivity index (χ2v) is 11.7. The number of hydrogen-bond acceptors (Lipinski definition) is 13. The van der Waals surface area contributed by atoms with Gasteiger partial charge in [-0.05, 0) is 85.1 Å². The molecule has 0 atom stereocenters. The van der Waals surface area contributed by atoms with Crippen LogP contribution >= 0.6 is 11.6 Å². The van der Waals surface area contributed by atoms with Crippen LogP contribution in [0.25, 0.3) is 0 Å². The maximum absolute atomic E-state index is 12.3. The molecule has 2 aliphatic rings. The summed E-state index contributed by atoms with van der Waals surface area (Å²) in [5.74, 6) is 8.27. The highest BCUT2D eigenvalue weighted by molar-refractivity contribution is 6.68. The van der Waals surface area contributed by atoms with Crippen LogP contribution in [0.15, 0.2) is 72.8 Å². The molecule has 2 heterocycles. The van der Waals surface area contributed by atoms with E-state index in [0.29, 0.717) is 71.9 Å². The molecule has 55 heavy (non-hydrogen) atoms. The Labute approximate surface area is 321 Å². The van der Waals surface area contributed by atoms with E-state index in [0.717, 1.165) is 22.4 Å². The van der Waals surface area contributed by atoms with Gasteiger partial charge in [-0.3, -0.25) is 20.4 Å². The van der Waals surface area contributed by atoms with Gasteiger partial charge in [0.15, 0.2) is 23.0 Å². The summed E-state index contributed by atoms with van der Waals surface area (Å²) in [7, 11) is 3.17. The third-order valence-electron chi connectivity index (χ3n) is 7.82. The average molecular weight is 781 g/mol. The topological polar surface area (TPSA) is 204 Å². The molecular weight excluding hydrogens is 740 g/mol. The summed E-state index contributed by atoms with van der Waals surface area (Å²) >= 11 is 5.42. The maximum Gasteiger partial charge on any atom is 0.426 e. The van der Waals surface area contributed by atoms with Gasteiger partial charge in [0.2, 0.25) is 0 Å². The van der Waals surface area contributed by atoms with Crippen molar-refractivity contribution in [2.75, 3.05) is 40.6 Å². The molecule has 292 valence electrons. The van der Waals surface area contributed by atoms with Crippen LogP contribution in [0.1, 0.15) is 43.0 Å². The molecule has 4 aromatic carbocycles. The number of halogens is 1. The first-order valence-electron chi connectivity index (χ1n) is 16.6. The summed E-state index contributed by atoms with van der Waals surface area (Å²) in [6.07, 6.45) is -1.42. The van der Waals surface area contributed by atoms with Gasteiger partial charge in [0.05, 0.1) is 14.2 Å². The number of benzene rings is 4. The lowest BCUT2D eigenvalue weighted by Gasteiger charge is -2.21. The molecule has 5 N–H and O–H groups in total. The van der Waals surface area contributed by atoms with Crippen LogP contribution in [-0.2, 0) is 22.7 Å². The third kappa shape index (κ3) is 12.1. The van der Waals surface area contributed by atoms with Crippen molar-refractivity contribution in [2.24, 2.45) is 5.84 Å². The fourth-order valence-corrected chi connectivity index (χ4v) is 5.17. The maximum atomic E-state index is 12.3. The van der Waals surface area contributed by atoms with Crippen LogP contribution in [-0.4, -0.2) is 64.0 Å². The van der Waals surface area contributed by atoms with Crippen molar-refractivity contribution in [3.05, 3.63) is 106 Å². The SMILES string of the molecule is COc1ccc(COC(=O)NN)cc1.COc1ccc(COC(=O)NNC(=O)c2ccc3c(c2C)OCCO3)cc1.Cc1c(C(=O)Cl)ccc2c1OCCO2. The summed E-state index contributed by atoms with van der Waals surface area (Å²) in [4.78, 5) is 45.7.